The molecule has 0 bridgehead atoms. The van der Waals surface area contributed by atoms with Gasteiger partial charge in [0.15, 0.2) is 0 Å². The normalized spacial score (nSPS) is 11.1. The third-order valence-electron chi connectivity index (χ3n) is 3.24. The molecule has 1 aromatic carbocycles. The zero-order valence-electron chi connectivity index (χ0n) is 13.0. The van der Waals surface area contributed by atoms with E-state index in [4.69, 9.17) is 0 Å². The Bertz CT molecular complexity index is 555. The molecule has 0 radical (unpaired) electrons. The number of nitrogens with one attached hydrogen (secondary N) is 1. The van der Waals surface area contributed by atoms with Gasteiger partial charge in [-0.15, -0.1) is 0 Å². The largest absolute Gasteiger partial charge is 0.355 e. The van der Waals surface area contributed by atoms with E-state index < -0.39 is 0 Å². The highest BCUT2D eigenvalue weighted by Crippen LogP contribution is 2.12. The number of aromatic nitrogens is 2. The molecule has 108 valence electrons. The van der Waals surface area contributed by atoms with Gasteiger partial charge in [0.25, 0.3) is 0 Å². The van der Waals surface area contributed by atoms with Crippen LogP contribution in [-0.2, 0) is 13.0 Å². The van der Waals surface area contributed by atoms with Crippen molar-refractivity contribution >= 4 is 5.95 Å². The van der Waals surface area contributed by atoms with Gasteiger partial charge in [-0.2, -0.15) is 0 Å². The predicted molar refractivity (Wildman–Crippen MR) is 85.2 cm³/mol. The maximum absolute atomic E-state index is 4.56. The second-order valence-corrected chi connectivity index (χ2v) is 5.92. The molecule has 20 heavy (non-hydrogen) atoms. The second kappa shape index (κ2) is 6.60. The Morgan fingerprint density at radius 2 is 2.05 bits per heavy atom. The van der Waals surface area contributed by atoms with E-state index in [9.17, 15) is 0 Å². The van der Waals surface area contributed by atoms with Crippen LogP contribution in [0, 0.1) is 19.8 Å². The average Bonchev–Trinajstić information content (AvgIpc) is 2.69. The monoisotopic (exact) mass is 271 g/mol. The smallest absolute Gasteiger partial charge is 0.203 e. The third-order valence-corrected chi connectivity index (χ3v) is 3.24. The van der Waals surface area contributed by atoms with Crippen molar-refractivity contribution in [2.45, 2.75) is 40.7 Å². The van der Waals surface area contributed by atoms with E-state index in [-0.39, 0.29) is 0 Å². The molecular weight excluding hydrogens is 246 g/mol. The third kappa shape index (κ3) is 4.12. The first-order valence-electron chi connectivity index (χ1n) is 7.38. The van der Waals surface area contributed by atoms with Crippen molar-refractivity contribution in [2.75, 3.05) is 11.9 Å². The molecule has 1 heterocycles. The molecule has 0 unspecified atom stereocenters. The molecule has 3 nitrogen and oxygen atoms in total. The van der Waals surface area contributed by atoms with Gasteiger partial charge in [-0.25, -0.2) is 4.98 Å². The van der Waals surface area contributed by atoms with Crippen molar-refractivity contribution in [3.63, 3.8) is 0 Å². The minimum Gasteiger partial charge on any atom is -0.355 e. The highest BCUT2D eigenvalue weighted by Gasteiger charge is 2.06. The van der Waals surface area contributed by atoms with Gasteiger partial charge in [0.2, 0.25) is 5.95 Å². The van der Waals surface area contributed by atoms with E-state index in [1.54, 1.807) is 0 Å². The molecule has 0 saturated carbocycles. The Kier molecular flexibility index (Phi) is 4.83. The summed E-state index contributed by atoms with van der Waals surface area (Å²) in [4.78, 5) is 4.56. The number of hydrogen-bond donors (Lipinski definition) is 1. The number of anilines is 1. The van der Waals surface area contributed by atoms with Crippen LogP contribution in [0.2, 0.25) is 0 Å². The molecule has 1 aromatic heterocycles. The Morgan fingerprint density at radius 1 is 1.25 bits per heavy atom. The lowest BCUT2D eigenvalue weighted by Gasteiger charge is -2.11. The molecule has 0 aliphatic heterocycles. The van der Waals surface area contributed by atoms with Crippen molar-refractivity contribution in [1.29, 1.82) is 0 Å². The van der Waals surface area contributed by atoms with Crippen molar-refractivity contribution < 1.29 is 0 Å². The lowest BCUT2D eigenvalue weighted by Crippen LogP contribution is -2.12. The van der Waals surface area contributed by atoms with Gasteiger partial charge in [-0.1, -0.05) is 43.7 Å². The fraction of sp³-hybridized carbons (Fsp3) is 0.471. The van der Waals surface area contributed by atoms with Crippen LogP contribution in [0.15, 0.2) is 30.5 Å². The number of aryl methyl sites for hydroxylation is 2. The van der Waals surface area contributed by atoms with E-state index in [1.807, 2.05) is 6.92 Å². The molecule has 3 heteroatoms. The minimum atomic E-state index is 0.626. The minimum absolute atomic E-state index is 0.626. The molecule has 0 aliphatic carbocycles. The summed E-state index contributed by atoms with van der Waals surface area (Å²) < 4.78 is 2.22. The summed E-state index contributed by atoms with van der Waals surface area (Å²) in [6.45, 7) is 10.6. The Hall–Kier alpha value is -1.77. The van der Waals surface area contributed by atoms with Gasteiger partial charge in [0.05, 0.1) is 5.69 Å². The fourth-order valence-electron chi connectivity index (χ4n) is 2.41. The molecule has 0 aliphatic rings. The maximum Gasteiger partial charge on any atom is 0.203 e. The zero-order chi connectivity index (χ0) is 14.5. The van der Waals surface area contributed by atoms with E-state index in [1.165, 1.54) is 11.1 Å². The molecule has 0 fully saturated rings. The molecule has 0 spiro atoms. The highest BCUT2D eigenvalue weighted by atomic mass is 15.2. The van der Waals surface area contributed by atoms with Crippen LogP contribution >= 0.6 is 0 Å². The fourth-order valence-corrected chi connectivity index (χ4v) is 2.41. The van der Waals surface area contributed by atoms with Crippen molar-refractivity contribution in [2.24, 2.45) is 5.92 Å². The summed E-state index contributed by atoms with van der Waals surface area (Å²) in [5, 5.41) is 3.46. The summed E-state index contributed by atoms with van der Waals surface area (Å²) in [5.74, 6) is 1.62. The molecular formula is C17H25N3. The topological polar surface area (TPSA) is 29.9 Å². The molecule has 1 N–H and O–H groups in total. The summed E-state index contributed by atoms with van der Waals surface area (Å²) in [7, 11) is 0. The van der Waals surface area contributed by atoms with Crippen LogP contribution in [0.1, 0.15) is 30.7 Å². The molecule has 2 rings (SSSR count). The highest BCUT2D eigenvalue weighted by molar-refractivity contribution is 5.30. The summed E-state index contributed by atoms with van der Waals surface area (Å²) >= 11 is 0. The van der Waals surface area contributed by atoms with Crippen LogP contribution in [-0.4, -0.2) is 16.1 Å². The maximum atomic E-state index is 4.56. The van der Waals surface area contributed by atoms with Gasteiger partial charge in [-0.05, 0) is 31.7 Å². The molecule has 0 saturated heterocycles. The van der Waals surface area contributed by atoms with Gasteiger partial charge in [-0.3, -0.25) is 0 Å². The SMILES string of the molecule is Cc1cccc(CCNc2nc(C)cn2CC(C)C)c1. The first-order valence-corrected chi connectivity index (χ1v) is 7.38. The van der Waals surface area contributed by atoms with E-state index in [0.717, 1.165) is 31.2 Å². The number of nitrogens with zero attached hydrogens (tertiary/aromatic N) is 2. The van der Waals surface area contributed by atoms with E-state index in [2.05, 4.69) is 66.1 Å². The number of rotatable bonds is 6. The van der Waals surface area contributed by atoms with E-state index in [0.29, 0.717) is 5.92 Å². The molecule has 0 amide bonds. The van der Waals surface area contributed by atoms with Gasteiger partial charge in [0.1, 0.15) is 0 Å². The first-order chi connectivity index (χ1) is 9.54. The first kappa shape index (κ1) is 14.6. The van der Waals surface area contributed by atoms with Gasteiger partial charge in [0, 0.05) is 19.3 Å². The van der Waals surface area contributed by atoms with Gasteiger partial charge < -0.3 is 9.88 Å². The standard InChI is InChI=1S/C17H25N3/c1-13(2)11-20-12-15(4)19-17(20)18-9-8-16-7-5-6-14(3)10-16/h5-7,10,12-13H,8-9,11H2,1-4H3,(H,18,19). The summed E-state index contributed by atoms with van der Waals surface area (Å²) in [6.07, 6.45) is 3.14. The number of hydrogen-bond acceptors (Lipinski definition) is 2. The number of benzene rings is 1. The Balaban J connectivity index is 1.93. The van der Waals surface area contributed by atoms with Crippen molar-refractivity contribution in [3.8, 4) is 0 Å². The van der Waals surface area contributed by atoms with Crippen molar-refractivity contribution in [1.82, 2.24) is 9.55 Å². The van der Waals surface area contributed by atoms with Crippen LogP contribution in [0.5, 0.6) is 0 Å². The summed E-state index contributed by atoms with van der Waals surface area (Å²) in [5.41, 5.74) is 3.76. The predicted octanol–water partition coefficient (Wildman–Crippen LogP) is 3.81. The zero-order valence-corrected chi connectivity index (χ0v) is 13.0. The second-order valence-electron chi connectivity index (χ2n) is 5.92. The van der Waals surface area contributed by atoms with E-state index >= 15 is 0 Å². The quantitative estimate of drug-likeness (QED) is 0.866. The molecule has 0 atom stereocenters. The molecule has 2 aromatic rings. The average molecular weight is 271 g/mol. The van der Waals surface area contributed by atoms with Crippen LogP contribution in [0.25, 0.3) is 0 Å². The Morgan fingerprint density at radius 3 is 2.75 bits per heavy atom. The Labute approximate surface area is 122 Å². The van der Waals surface area contributed by atoms with Crippen molar-refractivity contribution in [3.05, 3.63) is 47.3 Å². The van der Waals surface area contributed by atoms with Crippen LogP contribution < -0.4 is 5.32 Å². The number of imidazole rings is 1. The lowest BCUT2D eigenvalue weighted by molar-refractivity contribution is 0.526. The summed E-state index contributed by atoms with van der Waals surface area (Å²) in [6, 6.07) is 8.68. The van der Waals surface area contributed by atoms with Crippen LogP contribution in [0.4, 0.5) is 5.95 Å². The van der Waals surface area contributed by atoms with Gasteiger partial charge >= 0.3 is 0 Å². The lowest BCUT2D eigenvalue weighted by atomic mass is 10.1. The van der Waals surface area contributed by atoms with Crippen LogP contribution in [0.3, 0.4) is 0 Å².